The zero-order valence-electron chi connectivity index (χ0n) is 19.0. The number of aromatic nitrogens is 2. The average Bonchev–Trinajstić information content (AvgIpc) is 3.72. The Kier molecular flexibility index (Phi) is 7.35. The van der Waals surface area contributed by atoms with E-state index >= 15 is 0 Å². The topological polar surface area (TPSA) is 162 Å². The number of nitrogens with zero attached hydrogens (tertiary/aromatic N) is 3. The van der Waals surface area contributed by atoms with Crippen LogP contribution >= 0.6 is 0 Å². The number of hydrogen-bond acceptors (Lipinski definition) is 7. The lowest BCUT2D eigenvalue weighted by Gasteiger charge is -2.35. The van der Waals surface area contributed by atoms with Crippen LogP contribution in [-0.4, -0.2) is 80.6 Å². The molecular formula is C24H27N5O6. The van der Waals surface area contributed by atoms with Crippen molar-refractivity contribution in [2.45, 2.75) is 43.7 Å². The normalized spacial score (nSPS) is 18.5. The number of ketones is 1. The van der Waals surface area contributed by atoms with Crippen LogP contribution in [0.1, 0.15) is 47.8 Å². The van der Waals surface area contributed by atoms with Crippen LogP contribution in [0.25, 0.3) is 11.4 Å². The summed E-state index contributed by atoms with van der Waals surface area (Å²) in [4.78, 5) is 59.4. The molecule has 0 spiro atoms. The highest BCUT2D eigenvalue weighted by molar-refractivity contribution is 5.99. The van der Waals surface area contributed by atoms with Crippen molar-refractivity contribution >= 4 is 23.8 Å². The minimum Gasteiger partial charge on any atom is -0.481 e. The second-order valence-corrected chi connectivity index (χ2v) is 8.70. The van der Waals surface area contributed by atoms with E-state index < -0.39 is 35.8 Å². The van der Waals surface area contributed by atoms with Crippen molar-refractivity contribution in [2.24, 2.45) is 0 Å². The predicted octanol–water partition coefficient (Wildman–Crippen LogP) is 1.51. The molecule has 1 saturated carbocycles. The summed E-state index contributed by atoms with van der Waals surface area (Å²) in [7, 11) is 0. The number of nitrogens with one attached hydrogen (secondary N) is 2. The predicted molar refractivity (Wildman–Crippen MR) is 124 cm³/mol. The summed E-state index contributed by atoms with van der Waals surface area (Å²) in [5.41, 5.74) is 1.56. The molecule has 1 saturated heterocycles. The first-order chi connectivity index (χ1) is 16.8. The smallest absolute Gasteiger partial charge is 0.408 e. The maximum Gasteiger partial charge on any atom is 0.408 e. The third-order valence-corrected chi connectivity index (χ3v) is 6.12. The molecule has 2 aromatic rings. The summed E-state index contributed by atoms with van der Waals surface area (Å²) < 4.78 is 0. The second-order valence-electron chi connectivity index (χ2n) is 8.70. The van der Waals surface area contributed by atoms with Crippen molar-refractivity contribution in [3.05, 3.63) is 47.8 Å². The number of piperazine rings is 1. The van der Waals surface area contributed by atoms with E-state index in [1.807, 2.05) is 30.3 Å². The van der Waals surface area contributed by atoms with E-state index in [0.29, 0.717) is 12.4 Å². The Balaban J connectivity index is 1.60. The number of rotatable bonds is 9. The average molecular weight is 482 g/mol. The Bertz CT molecular complexity index is 1120. The zero-order chi connectivity index (χ0) is 24.9. The van der Waals surface area contributed by atoms with Crippen molar-refractivity contribution in [2.75, 3.05) is 19.6 Å². The summed E-state index contributed by atoms with van der Waals surface area (Å²) in [6.45, 7) is 0.597. The summed E-state index contributed by atoms with van der Waals surface area (Å²) in [6, 6.07) is 8.60. The maximum absolute atomic E-state index is 13.3. The van der Waals surface area contributed by atoms with E-state index in [2.05, 4.69) is 20.6 Å². The third kappa shape index (κ3) is 5.99. The van der Waals surface area contributed by atoms with Gasteiger partial charge >= 0.3 is 12.1 Å². The van der Waals surface area contributed by atoms with Crippen LogP contribution in [0.15, 0.2) is 36.4 Å². The highest BCUT2D eigenvalue weighted by Gasteiger charge is 2.37. The van der Waals surface area contributed by atoms with Crippen LogP contribution in [0.3, 0.4) is 0 Å². The lowest BCUT2D eigenvalue weighted by molar-refractivity contribution is -0.137. The van der Waals surface area contributed by atoms with E-state index in [-0.39, 0.29) is 37.5 Å². The molecule has 1 aromatic heterocycles. The van der Waals surface area contributed by atoms with Gasteiger partial charge in [-0.3, -0.25) is 19.3 Å². The van der Waals surface area contributed by atoms with Crippen LogP contribution in [0.5, 0.6) is 0 Å². The largest absolute Gasteiger partial charge is 0.481 e. The highest BCUT2D eigenvalue weighted by Crippen LogP contribution is 2.39. The molecule has 1 unspecified atom stereocenters. The molecule has 2 atom stereocenters. The summed E-state index contributed by atoms with van der Waals surface area (Å²) in [5.74, 6) is -1.69. The summed E-state index contributed by atoms with van der Waals surface area (Å²) in [5, 5.41) is 24.2. The van der Waals surface area contributed by atoms with Gasteiger partial charge in [-0.2, -0.15) is 0 Å². The van der Waals surface area contributed by atoms with E-state index in [4.69, 9.17) is 5.11 Å². The van der Waals surface area contributed by atoms with Gasteiger partial charge in [-0.15, -0.1) is 0 Å². The van der Waals surface area contributed by atoms with Gasteiger partial charge in [0.05, 0.1) is 6.04 Å². The van der Waals surface area contributed by atoms with Gasteiger partial charge < -0.3 is 20.8 Å². The fourth-order valence-electron chi connectivity index (χ4n) is 4.09. The molecule has 11 nitrogen and oxygen atoms in total. The van der Waals surface area contributed by atoms with Crippen LogP contribution in [0.2, 0.25) is 0 Å². The molecule has 1 aliphatic carbocycles. The quantitative estimate of drug-likeness (QED) is 0.416. The molecule has 184 valence electrons. The number of carboxylic acids is 1. The molecule has 35 heavy (non-hydrogen) atoms. The van der Waals surface area contributed by atoms with Crippen molar-refractivity contribution < 1.29 is 29.4 Å². The van der Waals surface area contributed by atoms with Crippen molar-refractivity contribution in [1.82, 2.24) is 25.5 Å². The third-order valence-electron chi connectivity index (χ3n) is 6.12. The summed E-state index contributed by atoms with van der Waals surface area (Å²) >= 11 is 0. The van der Waals surface area contributed by atoms with Crippen LogP contribution < -0.4 is 10.6 Å². The van der Waals surface area contributed by atoms with Crippen molar-refractivity contribution in [3.63, 3.8) is 0 Å². The van der Waals surface area contributed by atoms with E-state index in [0.717, 1.165) is 29.0 Å². The molecule has 0 radical (unpaired) electrons. The zero-order valence-corrected chi connectivity index (χ0v) is 19.0. The Hall–Kier alpha value is -3.86. The van der Waals surface area contributed by atoms with Gasteiger partial charge in [-0.1, -0.05) is 30.3 Å². The highest BCUT2D eigenvalue weighted by atomic mass is 16.4. The second kappa shape index (κ2) is 10.6. The standard InChI is InChI=1S/C24H27N5O6/c30-20(31)9-8-16(21(32)19-13-25-10-11-29(19)24(34)35)28-23(33)18-12-17(14-6-7-14)26-22(27-18)15-4-2-1-3-5-15/h1-5,12,14,16,19,25H,6-11,13H2,(H,28,33)(H,30,31)(H,34,35)/t16-,19?/m0/s1. The fourth-order valence-corrected chi connectivity index (χ4v) is 4.09. The van der Waals surface area contributed by atoms with Gasteiger partial charge in [-0.05, 0) is 25.3 Å². The Labute approximate surface area is 201 Å². The van der Waals surface area contributed by atoms with Crippen LogP contribution in [0.4, 0.5) is 4.79 Å². The Morgan fingerprint density at radius 3 is 2.51 bits per heavy atom. The van der Waals surface area contributed by atoms with Gasteiger partial charge in [0.15, 0.2) is 11.6 Å². The minimum absolute atomic E-state index is 0.0748. The molecule has 11 heteroatoms. The first-order valence-electron chi connectivity index (χ1n) is 11.5. The molecule has 2 aliphatic rings. The van der Waals surface area contributed by atoms with Gasteiger partial charge in [-0.25, -0.2) is 14.8 Å². The SMILES string of the molecule is O=C(O)CC[C@H](NC(=O)c1cc(C2CC2)nc(-c2ccccc2)n1)C(=O)C1CNCCN1C(=O)O. The van der Waals surface area contributed by atoms with E-state index in [1.165, 1.54) is 0 Å². The molecule has 1 aromatic carbocycles. The number of carbonyl (C=O) groups is 4. The van der Waals surface area contributed by atoms with E-state index in [9.17, 15) is 24.3 Å². The molecule has 4 rings (SSSR count). The van der Waals surface area contributed by atoms with Gasteiger partial charge in [0, 0.05) is 43.2 Å². The number of hydrogen-bond donors (Lipinski definition) is 4. The summed E-state index contributed by atoms with van der Waals surface area (Å²) in [6.07, 6.45) is 0.148. The van der Waals surface area contributed by atoms with Crippen LogP contribution in [-0.2, 0) is 9.59 Å². The van der Waals surface area contributed by atoms with Gasteiger partial charge in [0.25, 0.3) is 5.91 Å². The monoisotopic (exact) mass is 481 g/mol. The molecule has 4 N–H and O–H groups in total. The molecule has 1 aliphatic heterocycles. The van der Waals surface area contributed by atoms with Gasteiger partial charge in [0.2, 0.25) is 0 Å². The molecule has 2 amide bonds. The number of carboxylic acid groups (broad SMARTS) is 2. The first kappa shape index (κ1) is 24.3. The number of aliphatic carboxylic acids is 1. The number of benzene rings is 1. The minimum atomic E-state index is -1.24. The van der Waals surface area contributed by atoms with E-state index in [1.54, 1.807) is 6.07 Å². The first-order valence-corrected chi connectivity index (χ1v) is 11.5. The Morgan fingerprint density at radius 2 is 1.86 bits per heavy atom. The lowest BCUT2D eigenvalue weighted by atomic mass is 9.98. The number of Topliss-reactive ketones (excluding diaryl/α,β-unsaturated/α-hetero) is 1. The molecule has 2 fully saturated rings. The van der Waals surface area contributed by atoms with Crippen molar-refractivity contribution in [1.29, 1.82) is 0 Å². The molecular weight excluding hydrogens is 454 g/mol. The molecule has 2 heterocycles. The van der Waals surface area contributed by atoms with Gasteiger partial charge in [0.1, 0.15) is 11.7 Å². The number of carbonyl (C=O) groups excluding carboxylic acids is 2. The lowest BCUT2D eigenvalue weighted by Crippen LogP contribution is -2.60. The van der Waals surface area contributed by atoms with Crippen LogP contribution in [0, 0.1) is 0 Å². The fraction of sp³-hybridized carbons (Fsp3) is 0.417. The molecule has 0 bridgehead atoms. The maximum atomic E-state index is 13.3. The van der Waals surface area contributed by atoms with Crippen molar-refractivity contribution in [3.8, 4) is 11.4 Å². The number of amides is 2. The Morgan fingerprint density at radius 1 is 1.11 bits per heavy atom.